The molecule has 2 aromatic rings. The first kappa shape index (κ1) is 16.2. The molecule has 0 saturated carbocycles. The number of aldehydes is 1. The van der Waals surface area contributed by atoms with Gasteiger partial charge in [-0.1, -0.05) is 18.2 Å². The third-order valence-corrected chi connectivity index (χ3v) is 4.25. The molecule has 0 atom stereocenters. The summed E-state index contributed by atoms with van der Waals surface area (Å²) >= 11 is 5.75. The minimum atomic E-state index is 0.486. The van der Waals surface area contributed by atoms with Crippen molar-refractivity contribution in [1.29, 1.82) is 0 Å². The summed E-state index contributed by atoms with van der Waals surface area (Å²) < 4.78 is 7.91. The first-order valence-corrected chi connectivity index (χ1v) is 8.27. The Balaban J connectivity index is 2.23. The molecule has 0 heterocycles. The number of hydrogen-bond donors (Lipinski definition) is 0. The molecule has 108 valence electrons. The van der Waals surface area contributed by atoms with E-state index in [-0.39, 0.29) is 0 Å². The molecular formula is C17H14BrIO2. The Morgan fingerprint density at radius 2 is 1.95 bits per heavy atom. The van der Waals surface area contributed by atoms with E-state index in [4.69, 9.17) is 4.74 Å². The van der Waals surface area contributed by atoms with Gasteiger partial charge in [0.25, 0.3) is 0 Å². The topological polar surface area (TPSA) is 26.3 Å². The van der Waals surface area contributed by atoms with Crippen LogP contribution in [-0.2, 0) is 13.0 Å². The fraction of sp³-hybridized carbons (Fsp3) is 0.118. The second kappa shape index (κ2) is 7.75. The third kappa shape index (κ3) is 4.41. The monoisotopic (exact) mass is 456 g/mol. The van der Waals surface area contributed by atoms with E-state index in [2.05, 4.69) is 57.2 Å². The van der Waals surface area contributed by atoms with Crippen LogP contribution in [0.4, 0.5) is 0 Å². The average Bonchev–Trinajstić information content (AvgIpc) is 2.48. The van der Waals surface area contributed by atoms with Gasteiger partial charge in [0.05, 0.1) is 4.47 Å². The number of hydrogen-bond acceptors (Lipinski definition) is 2. The molecule has 0 aliphatic rings. The van der Waals surface area contributed by atoms with Gasteiger partial charge in [-0.05, 0) is 80.3 Å². The number of carbonyl (C=O) groups is 1. The van der Waals surface area contributed by atoms with E-state index in [0.29, 0.717) is 18.6 Å². The highest BCUT2D eigenvalue weighted by atomic mass is 127. The van der Waals surface area contributed by atoms with E-state index in [9.17, 15) is 4.79 Å². The second-order valence-electron chi connectivity index (χ2n) is 4.52. The van der Waals surface area contributed by atoms with Gasteiger partial charge in [0.15, 0.2) is 0 Å². The summed E-state index contributed by atoms with van der Waals surface area (Å²) in [6.45, 7) is 4.24. The van der Waals surface area contributed by atoms with Crippen molar-refractivity contribution in [3.63, 3.8) is 0 Å². The van der Waals surface area contributed by atoms with Gasteiger partial charge in [-0.25, -0.2) is 0 Å². The molecular weight excluding hydrogens is 443 g/mol. The van der Waals surface area contributed by atoms with E-state index >= 15 is 0 Å². The third-order valence-electron chi connectivity index (χ3n) is 2.94. The minimum Gasteiger partial charge on any atom is -0.487 e. The molecule has 0 fully saturated rings. The molecule has 0 bridgehead atoms. The predicted molar refractivity (Wildman–Crippen MR) is 96.9 cm³/mol. The van der Waals surface area contributed by atoms with Crippen LogP contribution in [0.5, 0.6) is 5.75 Å². The largest absolute Gasteiger partial charge is 0.487 e. The predicted octanol–water partition coefficient (Wildman–Crippen LogP) is 5.17. The van der Waals surface area contributed by atoms with E-state index in [1.165, 1.54) is 3.57 Å². The highest BCUT2D eigenvalue weighted by Crippen LogP contribution is 2.32. The number of rotatable bonds is 6. The normalized spacial score (nSPS) is 10.2. The number of benzene rings is 2. The molecule has 0 aromatic heterocycles. The van der Waals surface area contributed by atoms with Crippen LogP contribution in [0.25, 0.3) is 0 Å². The summed E-state index contributed by atoms with van der Waals surface area (Å²) in [6, 6.07) is 11.8. The molecule has 0 aliphatic heterocycles. The highest BCUT2D eigenvalue weighted by molar-refractivity contribution is 14.1. The van der Waals surface area contributed by atoms with Crippen LogP contribution in [0.2, 0.25) is 0 Å². The Morgan fingerprint density at radius 3 is 2.57 bits per heavy atom. The van der Waals surface area contributed by atoms with Crippen molar-refractivity contribution in [2.45, 2.75) is 13.0 Å². The maximum absolute atomic E-state index is 10.9. The molecule has 0 radical (unpaired) electrons. The molecule has 0 aliphatic carbocycles. The Morgan fingerprint density at radius 1 is 1.24 bits per heavy atom. The van der Waals surface area contributed by atoms with Crippen molar-refractivity contribution in [3.8, 4) is 5.75 Å². The van der Waals surface area contributed by atoms with Gasteiger partial charge in [-0.2, -0.15) is 0 Å². The summed E-state index contributed by atoms with van der Waals surface area (Å²) in [5.74, 6) is 0.763. The summed E-state index contributed by atoms with van der Waals surface area (Å²) in [6.07, 6.45) is 3.29. The van der Waals surface area contributed by atoms with Crippen molar-refractivity contribution >= 4 is 44.8 Å². The standard InChI is InChI=1S/C17H14BrIO2/c1-2-3-14-8-13(10-20)9-16(18)17(14)21-11-12-4-6-15(19)7-5-12/h2,4-10H,1,3,11H2. The van der Waals surface area contributed by atoms with E-state index in [1.54, 1.807) is 12.1 Å². The Labute approximate surface area is 146 Å². The van der Waals surface area contributed by atoms with Gasteiger partial charge in [0.2, 0.25) is 0 Å². The lowest BCUT2D eigenvalue weighted by Gasteiger charge is -2.13. The maximum atomic E-state index is 10.9. The van der Waals surface area contributed by atoms with Crippen molar-refractivity contribution in [2.75, 3.05) is 0 Å². The molecule has 0 saturated heterocycles. The van der Waals surface area contributed by atoms with E-state index in [0.717, 1.165) is 27.6 Å². The van der Waals surface area contributed by atoms with Crippen molar-refractivity contribution in [3.05, 3.63) is 73.8 Å². The zero-order chi connectivity index (χ0) is 15.2. The smallest absolute Gasteiger partial charge is 0.150 e. The van der Waals surface area contributed by atoms with Gasteiger partial charge >= 0.3 is 0 Å². The summed E-state index contributed by atoms with van der Waals surface area (Å²) in [7, 11) is 0. The van der Waals surface area contributed by atoms with Crippen molar-refractivity contribution in [1.82, 2.24) is 0 Å². The minimum absolute atomic E-state index is 0.486. The zero-order valence-corrected chi connectivity index (χ0v) is 15.1. The SMILES string of the molecule is C=CCc1cc(C=O)cc(Br)c1OCc1ccc(I)cc1. The molecule has 4 heteroatoms. The van der Waals surface area contributed by atoms with Crippen molar-refractivity contribution < 1.29 is 9.53 Å². The zero-order valence-electron chi connectivity index (χ0n) is 11.3. The van der Waals surface area contributed by atoms with Crippen LogP contribution in [0.1, 0.15) is 21.5 Å². The quantitative estimate of drug-likeness (QED) is 0.340. The van der Waals surface area contributed by atoms with Crippen LogP contribution in [0.3, 0.4) is 0 Å². The molecule has 0 N–H and O–H groups in total. The number of carbonyl (C=O) groups excluding carboxylic acids is 1. The van der Waals surface area contributed by atoms with Crippen molar-refractivity contribution in [2.24, 2.45) is 0 Å². The van der Waals surface area contributed by atoms with Gasteiger partial charge in [0, 0.05) is 9.13 Å². The lowest BCUT2D eigenvalue weighted by atomic mass is 10.1. The Bertz CT molecular complexity index is 651. The lowest BCUT2D eigenvalue weighted by molar-refractivity contribution is 0.112. The molecule has 0 spiro atoms. The molecule has 21 heavy (non-hydrogen) atoms. The molecule has 2 rings (SSSR count). The lowest BCUT2D eigenvalue weighted by Crippen LogP contribution is -2.00. The summed E-state index contributed by atoms with van der Waals surface area (Å²) in [5, 5.41) is 0. The molecule has 2 nitrogen and oxygen atoms in total. The van der Waals surface area contributed by atoms with Crippen LogP contribution in [-0.4, -0.2) is 6.29 Å². The number of halogens is 2. The summed E-state index contributed by atoms with van der Waals surface area (Å²) in [5.41, 5.74) is 2.68. The van der Waals surface area contributed by atoms with Crippen LogP contribution in [0.15, 0.2) is 53.5 Å². The first-order valence-electron chi connectivity index (χ1n) is 6.39. The van der Waals surface area contributed by atoms with E-state index < -0.39 is 0 Å². The number of ether oxygens (including phenoxy) is 1. The van der Waals surface area contributed by atoms with Gasteiger partial charge in [-0.3, -0.25) is 4.79 Å². The molecule has 0 amide bonds. The fourth-order valence-electron chi connectivity index (χ4n) is 1.95. The van der Waals surface area contributed by atoms with Gasteiger partial charge in [0.1, 0.15) is 18.6 Å². The first-order chi connectivity index (χ1) is 10.1. The molecule has 2 aromatic carbocycles. The highest BCUT2D eigenvalue weighted by Gasteiger charge is 2.10. The fourth-order valence-corrected chi connectivity index (χ4v) is 2.94. The Kier molecular flexibility index (Phi) is 5.99. The number of allylic oxidation sites excluding steroid dienone is 1. The van der Waals surface area contributed by atoms with Crippen LogP contribution < -0.4 is 4.74 Å². The van der Waals surface area contributed by atoms with Gasteiger partial charge < -0.3 is 4.74 Å². The van der Waals surface area contributed by atoms with E-state index in [1.807, 2.05) is 18.2 Å². The second-order valence-corrected chi connectivity index (χ2v) is 6.62. The molecule has 0 unspecified atom stereocenters. The Hall–Kier alpha value is -1.14. The van der Waals surface area contributed by atoms with Crippen LogP contribution in [0, 0.1) is 3.57 Å². The maximum Gasteiger partial charge on any atom is 0.150 e. The average molecular weight is 457 g/mol. The van der Waals surface area contributed by atoms with Crippen LogP contribution >= 0.6 is 38.5 Å². The van der Waals surface area contributed by atoms with Gasteiger partial charge in [-0.15, -0.1) is 6.58 Å². The summed E-state index contributed by atoms with van der Waals surface area (Å²) in [4.78, 5) is 10.9.